The number of rotatable bonds is 4. The molecule has 0 saturated carbocycles. The SMILES string of the molecule is NCCc1cccc(C(=O)N2CCC(C(N)=O)C2)c1. The third kappa shape index (κ3) is 3.12. The molecule has 0 spiro atoms. The third-order valence-electron chi connectivity index (χ3n) is 3.48. The number of likely N-dealkylation sites (tertiary alicyclic amines) is 1. The van der Waals surface area contributed by atoms with E-state index in [1.54, 1.807) is 11.0 Å². The Bertz CT molecular complexity index is 487. The average molecular weight is 261 g/mol. The highest BCUT2D eigenvalue weighted by Crippen LogP contribution is 2.19. The quantitative estimate of drug-likeness (QED) is 0.807. The molecule has 102 valence electrons. The van der Waals surface area contributed by atoms with Crippen LogP contribution in [0.3, 0.4) is 0 Å². The van der Waals surface area contributed by atoms with Crippen LogP contribution in [0.1, 0.15) is 22.3 Å². The van der Waals surface area contributed by atoms with Crippen LogP contribution < -0.4 is 11.5 Å². The average Bonchev–Trinajstić information content (AvgIpc) is 2.88. The molecular formula is C14H19N3O2. The molecule has 1 saturated heterocycles. The Morgan fingerprint density at radius 1 is 1.37 bits per heavy atom. The topological polar surface area (TPSA) is 89.4 Å². The minimum Gasteiger partial charge on any atom is -0.369 e. The zero-order valence-corrected chi connectivity index (χ0v) is 10.8. The number of amides is 2. The smallest absolute Gasteiger partial charge is 0.253 e. The fraction of sp³-hybridized carbons (Fsp3) is 0.429. The molecule has 1 aromatic carbocycles. The van der Waals surface area contributed by atoms with Crippen molar-refractivity contribution >= 4 is 11.8 Å². The molecule has 0 bridgehead atoms. The minimum atomic E-state index is -0.327. The largest absolute Gasteiger partial charge is 0.369 e. The Balaban J connectivity index is 2.08. The predicted octanol–water partition coefficient (Wildman–Crippen LogP) is 0.135. The molecule has 0 aromatic heterocycles. The molecule has 1 aliphatic heterocycles. The lowest BCUT2D eigenvalue weighted by molar-refractivity contribution is -0.121. The summed E-state index contributed by atoms with van der Waals surface area (Å²) in [6.07, 6.45) is 1.41. The van der Waals surface area contributed by atoms with Gasteiger partial charge in [0.25, 0.3) is 5.91 Å². The lowest BCUT2D eigenvalue weighted by atomic mass is 10.1. The van der Waals surface area contributed by atoms with Gasteiger partial charge in [-0.25, -0.2) is 0 Å². The second-order valence-corrected chi connectivity index (χ2v) is 4.88. The number of hydrogen-bond donors (Lipinski definition) is 2. The van der Waals surface area contributed by atoms with Crippen LogP contribution in [0.5, 0.6) is 0 Å². The number of nitrogens with zero attached hydrogens (tertiary/aromatic N) is 1. The molecule has 4 N–H and O–H groups in total. The number of primary amides is 1. The van der Waals surface area contributed by atoms with Crippen LogP contribution in [0.2, 0.25) is 0 Å². The van der Waals surface area contributed by atoms with Gasteiger partial charge in [-0.15, -0.1) is 0 Å². The first-order valence-corrected chi connectivity index (χ1v) is 6.49. The molecule has 5 nitrogen and oxygen atoms in total. The summed E-state index contributed by atoms with van der Waals surface area (Å²) in [5.74, 6) is -0.578. The first-order chi connectivity index (χ1) is 9.11. The van der Waals surface area contributed by atoms with Crippen molar-refractivity contribution in [2.75, 3.05) is 19.6 Å². The summed E-state index contributed by atoms with van der Waals surface area (Å²) < 4.78 is 0. The van der Waals surface area contributed by atoms with Crippen molar-refractivity contribution in [1.82, 2.24) is 4.90 Å². The van der Waals surface area contributed by atoms with Gasteiger partial charge in [0.2, 0.25) is 5.91 Å². The van der Waals surface area contributed by atoms with Gasteiger partial charge in [-0.1, -0.05) is 12.1 Å². The van der Waals surface area contributed by atoms with Crippen molar-refractivity contribution in [2.24, 2.45) is 17.4 Å². The Morgan fingerprint density at radius 2 is 2.16 bits per heavy atom. The van der Waals surface area contributed by atoms with Crippen LogP contribution in [0, 0.1) is 5.92 Å². The van der Waals surface area contributed by atoms with Gasteiger partial charge in [0.1, 0.15) is 0 Å². The van der Waals surface area contributed by atoms with Gasteiger partial charge in [0, 0.05) is 18.7 Å². The summed E-state index contributed by atoms with van der Waals surface area (Å²) in [6, 6.07) is 7.48. The van der Waals surface area contributed by atoms with E-state index in [-0.39, 0.29) is 17.7 Å². The van der Waals surface area contributed by atoms with Crippen molar-refractivity contribution in [3.05, 3.63) is 35.4 Å². The van der Waals surface area contributed by atoms with Crippen molar-refractivity contribution in [3.63, 3.8) is 0 Å². The highest BCUT2D eigenvalue weighted by molar-refractivity contribution is 5.95. The maximum atomic E-state index is 12.3. The Labute approximate surface area is 112 Å². The standard InChI is InChI=1S/C14H19N3O2/c15-6-4-10-2-1-3-11(8-10)14(19)17-7-5-12(9-17)13(16)18/h1-3,8,12H,4-7,9,15H2,(H2,16,18). The first kappa shape index (κ1) is 13.5. The van der Waals surface area contributed by atoms with E-state index in [0.29, 0.717) is 31.6 Å². The first-order valence-electron chi connectivity index (χ1n) is 6.49. The molecule has 1 fully saturated rings. The molecule has 2 amide bonds. The lowest BCUT2D eigenvalue weighted by Gasteiger charge is -2.16. The molecule has 1 unspecified atom stereocenters. The van der Waals surface area contributed by atoms with E-state index in [4.69, 9.17) is 11.5 Å². The van der Waals surface area contributed by atoms with Gasteiger partial charge in [0.15, 0.2) is 0 Å². The van der Waals surface area contributed by atoms with Crippen LogP contribution in [-0.2, 0) is 11.2 Å². The van der Waals surface area contributed by atoms with Crippen molar-refractivity contribution in [3.8, 4) is 0 Å². The molecule has 1 heterocycles. The van der Waals surface area contributed by atoms with E-state index in [1.807, 2.05) is 18.2 Å². The Hall–Kier alpha value is -1.88. The second-order valence-electron chi connectivity index (χ2n) is 4.88. The molecule has 5 heteroatoms. The van der Waals surface area contributed by atoms with Crippen LogP contribution in [0.15, 0.2) is 24.3 Å². The fourth-order valence-corrected chi connectivity index (χ4v) is 2.39. The van der Waals surface area contributed by atoms with Crippen LogP contribution in [0.25, 0.3) is 0 Å². The number of carbonyl (C=O) groups excluding carboxylic acids is 2. The van der Waals surface area contributed by atoms with Gasteiger partial charge >= 0.3 is 0 Å². The molecular weight excluding hydrogens is 242 g/mol. The summed E-state index contributed by atoms with van der Waals surface area (Å²) >= 11 is 0. The number of carbonyl (C=O) groups is 2. The molecule has 1 aliphatic rings. The number of hydrogen-bond acceptors (Lipinski definition) is 3. The van der Waals surface area contributed by atoms with Gasteiger partial charge in [-0.2, -0.15) is 0 Å². The Morgan fingerprint density at radius 3 is 2.79 bits per heavy atom. The van der Waals surface area contributed by atoms with Crippen LogP contribution in [0.4, 0.5) is 0 Å². The maximum absolute atomic E-state index is 12.3. The predicted molar refractivity (Wildman–Crippen MR) is 72.4 cm³/mol. The minimum absolute atomic E-state index is 0.0392. The summed E-state index contributed by atoms with van der Waals surface area (Å²) in [4.78, 5) is 25.1. The van der Waals surface area contributed by atoms with Crippen molar-refractivity contribution < 1.29 is 9.59 Å². The summed E-state index contributed by atoms with van der Waals surface area (Å²) in [6.45, 7) is 1.58. The summed E-state index contributed by atoms with van der Waals surface area (Å²) in [7, 11) is 0. The van der Waals surface area contributed by atoms with Crippen LogP contribution in [-0.4, -0.2) is 36.3 Å². The van der Waals surface area contributed by atoms with E-state index in [2.05, 4.69) is 0 Å². The van der Waals surface area contributed by atoms with Crippen LogP contribution >= 0.6 is 0 Å². The molecule has 2 rings (SSSR count). The van der Waals surface area contributed by atoms with E-state index < -0.39 is 0 Å². The van der Waals surface area contributed by atoms with E-state index >= 15 is 0 Å². The van der Waals surface area contributed by atoms with Gasteiger partial charge in [-0.05, 0) is 37.1 Å². The highest BCUT2D eigenvalue weighted by atomic mass is 16.2. The highest BCUT2D eigenvalue weighted by Gasteiger charge is 2.30. The van der Waals surface area contributed by atoms with Crippen molar-refractivity contribution in [1.29, 1.82) is 0 Å². The van der Waals surface area contributed by atoms with E-state index in [9.17, 15) is 9.59 Å². The monoisotopic (exact) mass is 261 g/mol. The Kier molecular flexibility index (Phi) is 4.16. The zero-order chi connectivity index (χ0) is 13.8. The normalized spacial score (nSPS) is 18.6. The summed E-state index contributed by atoms with van der Waals surface area (Å²) in [5, 5.41) is 0. The van der Waals surface area contributed by atoms with Gasteiger partial charge in [-0.3, -0.25) is 9.59 Å². The molecule has 19 heavy (non-hydrogen) atoms. The molecule has 0 aliphatic carbocycles. The molecule has 1 atom stereocenters. The third-order valence-corrected chi connectivity index (χ3v) is 3.48. The van der Waals surface area contributed by atoms with Gasteiger partial charge in [0.05, 0.1) is 5.92 Å². The van der Waals surface area contributed by atoms with E-state index in [0.717, 1.165) is 12.0 Å². The molecule has 1 aromatic rings. The second kappa shape index (κ2) is 5.84. The fourth-order valence-electron chi connectivity index (χ4n) is 2.39. The summed E-state index contributed by atoms with van der Waals surface area (Å²) in [5.41, 5.74) is 12.5. The van der Waals surface area contributed by atoms with Gasteiger partial charge < -0.3 is 16.4 Å². The number of benzene rings is 1. The van der Waals surface area contributed by atoms with E-state index in [1.165, 1.54) is 0 Å². The molecule has 0 radical (unpaired) electrons. The van der Waals surface area contributed by atoms with Crippen molar-refractivity contribution in [2.45, 2.75) is 12.8 Å². The lowest BCUT2D eigenvalue weighted by Crippen LogP contribution is -2.31. The maximum Gasteiger partial charge on any atom is 0.253 e. The zero-order valence-electron chi connectivity index (χ0n) is 10.8. The number of nitrogens with two attached hydrogens (primary N) is 2.